The van der Waals surface area contributed by atoms with Gasteiger partial charge in [0.1, 0.15) is 5.75 Å². The number of nitrogens with one attached hydrogen (secondary N) is 1. The molecule has 1 aromatic rings. The number of carbonyl (C=O) groups is 1. The van der Waals surface area contributed by atoms with Crippen LogP contribution in [0.15, 0.2) is 18.2 Å². The number of carbonyl (C=O) groups excluding carboxylic acids is 1. The highest BCUT2D eigenvalue weighted by Gasteiger charge is 2.26. The number of benzene rings is 1. The van der Waals surface area contributed by atoms with Gasteiger partial charge in [0.2, 0.25) is 0 Å². The fraction of sp³-hybridized carbons (Fsp3) is 0.462. The van der Waals surface area contributed by atoms with E-state index in [1.807, 2.05) is 0 Å². The van der Waals surface area contributed by atoms with E-state index in [1.54, 1.807) is 6.92 Å². The Kier molecular flexibility index (Phi) is 5.66. The highest BCUT2D eigenvalue weighted by molar-refractivity contribution is 5.95. The van der Waals surface area contributed by atoms with Crippen LogP contribution in [0.4, 0.5) is 18.9 Å². The van der Waals surface area contributed by atoms with E-state index in [-0.39, 0.29) is 30.4 Å². The molecular weight excluding hydrogens is 273 g/mol. The summed E-state index contributed by atoms with van der Waals surface area (Å²) in [5.74, 6) is -0.0661. The molecule has 0 aliphatic carbocycles. The number of anilines is 1. The van der Waals surface area contributed by atoms with Crippen LogP contribution in [0.5, 0.6) is 5.75 Å². The van der Waals surface area contributed by atoms with Crippen molar-refractivity contribution in [3.63, 3.8) is 0 Å². The summed E-state index contributed by atoms with van der Waals surface area (Å²) in [6.07, 6.45) is -5.27. The van der Waals surface area contributed by atoms with E-state index in [2.05, 4.69) is 5.32 Å². The lowest BCUT2D eigenvalue weighted by atomic mass is 10.2. The van der Waals surface area contributed by atoms with Crippen LogP contribution in [-0.2, 0) is 0 Å². The number of amides is 1. The summed E-state index contributed by atoms with van der Waals surface area (Å²) in [4.78, 5) is 11.6. The van der Waals surface area contributed by atoms with Gasteiger partial charge in [0.25, 0.3) is 5.91 Å². The maximum absolute atomic E-state index is 12.0. The second-order valence-electron chi connectivity index (χ2n) is 4.18. The molecule has 0 saturated heterocycles. The molecule has 0 fully saturated rings. The van der Waals surface area contributed by atoms with E-state index >= 15 is 0 Å². The molecule has 20 heavy (non-hydrogen) atoms. The summed E-state index contributed by atoms with van der Waals surface area (Å²) >= 11 is 0. The van der Waals surface area contributed by atoms with Crippen molar-refractivity contribution in [2.75, 3.05) is 18.9 Å². The maximum atomic E-state index is 12.0. The van der Waals surface area contributed by atoms with Crippen molar-refractivity contribution in [3.8, 4) is 5.75 Å². The summed E-state index contributed by atoms with van der Waals surface area (Å²) in [6.45, 7) is 2.15. The number of halogens is 3. The quantitative estimate of drug-likeness (QED) is 0.625. The highest BCUT2D eigenvalue weighted by Crippen LogP contribution is 2.25. The van der Waals surface area contributed by atoms with E-state index in [0.717, 1.165) is 0 Å². The lowest BCUT2D eigenvalue weighted by molar-refractivity contribution is -0.136. The number of hydrogen-bond donors (Lipinski definition) is 2. The van der Waals surface area contributed by atoms with E-state index < -0.39 is 12.6 Å². The molecule has 0 heterocycles. The normalized spacial score (nSPS) is 11.2. The average Bonchev–Trinajstić information content (AvgIpc) is 2.35. The number of hydrogen-bond acceptors (Lipinski definition) is 3. The Balaban J connectivity index is 2.61. The monoisotopic (exact) mass is 290 g/mol. The molecule has 0 aliphatic heterocycles. The molecule has 0 aromatic heterocycles. The molecule has 7 heteroatoms. The molecule has 0 spiro atoms. The molecule has 1 amide bonds. The van der Waals surface area contributed by atoms with Gasteiger partial charge in [-0.15, -0.1) is 0 Å². The first-order valence-electron chi connectivity index (χ1n) is 6.20. The first-order chi connectivity index (χ1) is 9.33. The summed E-state index contributed by atoms with van der Waals surface area (Å²) in [5.41, 5.74) is 6.29. The van der Waals surface area contributed by atoms with Crippen LogP contribution < -0.4 is 15.8 Å². The zero-order chi connectivity index (χ0) is 15.2. The first-order valence-corrected chi connectivity index (χ1v) is 6.20. The molecule has 3 N–H and O–H groups in total. The summed E-state index contributed by atoms with van der Waals surface area (Å²) in [5, 5.41) is 2.61. The summed E-state index contributed by atoms with van der Waals surface area (Å²) in [6, 6.07) is 4.44. The predicted octanol–water partition coefficient (Wildman–Crippen LogP) is 2.74. The molecule has 0 saturated carbocycles. The maximum Gasteiger partial charge on any atom is 0.389 e. The molecular formula is C13H17F3N2O2. The van der Waals surface area contributed by atoms with Gasteiger partial charge in [-0.25, -0.2) is 0 Å². The number of nitrogen functional groups attached to an aromatic ring is 1. The van der Waals surface area contributed by atoms with Gasteiger partial charge in [0, 0.05) is 18.5 Å². The molecule has 0 atom stereocenters. The van der Waals surface area contributed by atoms with Crippen molar-refractivity contribution in [1.29, 1.82) is 0 Å². The fourth-order valence-electron chi connectivity index (χ4n) is 1.52. The molecule has 4 nitrogen and oxygen atoms in total. The molecule has 0 bridgehead atoms. The van der Waals surface area contributed by atoms with Gasteiger partial charge >= 0.3 is 6.18 Å². The van der Waals surface area contributed by atoms with Gasteiger partial charge in [0.15, 0.2) is 0 Å². The number of alkyl halides is 3. The Morgan fingerprint density at radius 3 is 2.70 bits per heavy atom. The molecule has 0 radical (unpaired) electrons. The fourth-order valence-corrected chi connectivity index (χ4v) is 1.52. The smallest absolute Gasteiger partial charge is 0.389 e. The Bertz CT molecular complexity index is 461. The molecule has 112 valence electrons. The van der Waals surface area contributed by atoms with Crippen LogP contribution in [0.2, 0.25) is 0 Å². The van der Waals surface area contributed by atoms with Crippen molar-refractivity contribution in [1.82, 2.24) is 5.32 Å². The second kappa shape index (κ2) is 7.02. The van der Waals surface area contributed by atoms with Crippen LogP contribution in [0.25, 0.3) is 0 Å². The minimum absolute atomic E-state index is 0.109. The van der Waals surface area contributed by atoms with Gasteiger partial charge < -0.3 is 15.8 Å². The third kappa shape index (κ3) is 5.38. The van der Waals surface area contributed by atoms with Gasteiger partial charge in [-0.1, -0.05) is 0 Å². The van der Waals surface area contributed by atoms with Gasteiger partial charge in [-0.05, 0) is 31.5 Å². The van der Waals surface area contributed by atoms with Crippen molar-refractivity contribution in [3.05, 3.63) is 23.8 Å². The van der Waals surface area contributed by atoms with Crippen molar-refractivity contribution < 1.29 is 22.7 Å². The van der Waals surface area contributed by atoms with Crippen molar-refractivity contribution >= 4 is 11.6 Å². The van der Waals surface area contributed by atoms with E-state index in [9.17, 15) is 18.0 Å². The Morgan fingerprint density at radius 2 is 2.10 bits per heavy atom. The van der Waals surface area contributed by atoms with Gasteiger partial charge in [-0.3, -0.25) is 4.79 Å². The third-order valence-corrected chi connectivity index (χ3v) is 2.48. The minimum atomic E-state index is -4.20. The topological polar surface area (TPSA) is 64.4 Å². The average molecular weight is 290 g/mol. The van der Waals surface area contributed by atoms with E-state index in [0.29, 0.717) is 12.1 Å². The lowest BCUT2D eigenvalue weighted by Gasteiger charge is -2.11. The number of nitrogens with two attached hydrogens (primary N) is 1. The van der Waals surface area contributed by atoms with Crippen LogP contribution in [0.1, 0.15) is 30.1 Å². The van der Waals surface area contributed by atoms with Gasteiger partial charge in [0.05, 0.1) is 12.3 Å². The van der Waals surface area contributed by atoms with Gasteiger partial charge in [-0.2, -0.15) is 13.2 Å². The standard InChI is InChI=1S/C13H17F3N2O2/c1-2-18-12(19)9-4-5-10(17)11(8-9)20-7-3-6-13(14,15)16/h4-5,8H,2-3,6-7,17H2,1H3,(H,18,19). The number of ether oxygens (including phenoxy) is 1. The molecule has 0 unspecified atom stereocenters. The summed E-state index contributed by atoms with van der Waals surface area (Å²) < 4.78 is 41.1. The number of rotatable bonds is 6. The summed E-state index contributed by atoms with van der Waals surface area (Å²) in [7, 11) is 0. The lowest BCUT2D eigenvalue weighted by Crippen LogP contribution is -2.22. The first kappa shape index (κ1) is 16.1. The molecule has 1 rings (SSSR count). The predicted molar refractivity (Wildman–Crippen MR) is 69.6 cm³/mol. The third-order valence-electron chi connectivity index (χ3n) is 2.48. The SMILES string of the molecule is CCNC(=O)c1ccc(N)c(OCCCC(F)(F)F)c1. The zero-order valence-electron chi connectivity index (χ0n) is 11.1. The van der Waals surface area contributed by atoms with E-state index in [4.69, 9.17) is 10.5 Å². The van der Waals surface area contributed by atoms with Crippen LogP contribution >= 0.6 is 0 Å². The minimum Gasteiger partial charge on any atom is -0.491 e. The van der Waals surface area contributed by atoms with Crippen LogP contribution in [0.3, 0.4) is 0 Å². The van der Waals surface area contributed by atoms with Crippen LogP contribution in [0, 0.1) is 0 Å². The largest absolute Gasteiger partial charge is 0.491 e. The zero-order valence-corrected chi connectivity index (χ0v) is 11.1. The molecule has 0 aliphatic rings. The second-order valence-corrected chi connectivity index (χ2v) is 4.18. The van der Waals surface area contributed by atoms with Crippen molar-refractivity contribution in [2.24, 2.45) is 0 Å². The van der Waals surface area contributed by atoms with E-state index in [1.165, 1.54) is 18.2 Å². The molecule has 1 aromatic carbocycles. The van der Waals surface area contributed by atoms with Crippen LogP contribution in [-0.4, -0.2) is 25.2 Å². The Labute approximate surface area is 115 Å². The highest BCUT2D eigenvalue weighted by atomic mass is 19.4. The Hall–Kier alpha value is -1.92. The Morgan fingerprint density at radius 1 is 1.40 bits per heavy atom. The van der Waals surface area contributed by atoms with Crippen molar-refractivity contribution in [2.45, 2.75) is 25.9 Å².